The number of anilines is 2. The Morgan fingerprint density at radius 2 is 1.44 bits per heavy atom. The lowest BCUT2D eigenvalue weighted by Crippen LogP contribution is -2.44. The van der Waals surface area contributed by atoms with Crippen LogP contribution < -0.4 is 15.0 Å². The minimum atomic E-state index is -0.305. The summed E-state index contributed by atoms with van der Waals surface area (Å²) in [4.78, 5) is 32.5. The first-order chi connectivity index (χ1) is 16.2. The third kappa shape index (κ3) is 4.94. The molecule has 7 heteroatoms. The summed E-state index contributed by atoms with van der Waals surface area (Å²) in [6.45, 7) is 11.7. The summed E-state index contributed by atoms with van der Waals surface area (Å²) < 4.78 is 5.73. The molecule has 1 fully saturated rings. The van der Waals surface area contributed by atoms with Crippen molar-refractivity contribution in [1.29, 1.82) is 0 Å². The Labute approximate surface area is 202 Å². The number of nitrogens with zero attached hydrogens (tertiary/aromatic N) is 3. The zero-order valence-electron chi connectivity index (χ0n) is 20.7. The van der Waals surface area contributed by atoms with E-state index < -0.39 is 0 Å². The van der Waals surface area contributed by atoms with Crippen LogP contribution in [-0.2, 0) is 9.59 Å². The maximum Gasteiger partial charge on any atom is 0.278 e. The predicted octanol–water partition coefficient (Wildman–Crippen LogP) is 3.83. The van der Waals surface area contributed by atoms with Gasteiger partial charge in [0.25, 0.3) is 11.8 Å². The fourth-order valence-corrected chi connectivity index (χ4v) is 4.34. The second-order valence-electron chi connectivity index (χ2n) is 9.48. The number of nitrogens with one attached hydrogen (secondary N) is 1. The van der Waals surface area contributed by atoms with E-state index in [1.54, 1.807) is 0 Å². The van der Waals surface area contributed by atoms with Gasteiger partial charge < -0.3 is 19.9 Å². The Morgan fingerprint density at radius 3 is 2.00 bits per heavy atom. The molecular formula is C27H34N4O3. The minimum absolute atomic E-state index is 0.0576. The maximum atomic E-state index is 13.3. The van der Waals surface area contributed by atoms with Gasteiger partial charge in [0.05, 0.1) is 11.7 Å². The predicted molar refractivity (Wildman–Crippen MR) is 136 cm³/mol. The van der Waals surface area contributed by atoms with E-state index in [0.29, 0.717) is 16.8 Å². The van der Waals surface area contributed by atoms with Crippen LogP contribution >= 0.6 is 0 Å². The van der Waals surface area contributed by atoms with Crippen LogP contribution in [0.25, 0.3) is 5.57 Å². The fraction of sp³-hybridized carbons (Fsp3) is 0.407. The molecule has 2 aromatic rings. The number of benzene rings is 2. The highest BCUT2D eigenvalue weighted by Gasteiger charge is 2.40. The van der Waals surface area contributed by atoms with Crippen LogP contribution in [0.15, 0.2) is 54.2 Å². The first kappa shape index (κ1) is 23.8. The van der Waals surface area contributed by atoms with Gasteiger partial charge in [-0.25, -0.2) is 0 Å². The summed E-state index contributed by atoms with van der Waals surface area (Å²) in [5.74, 6) is 0.139. The number of likely N-dealkylation sites (N-methyl/N-ethyl adjacent to an activating group) is 1. The van der Waals surface area contributed by atoms with Gasteiger partial charge in [-0.05, 0) is 76.7 Å². The largest absolute Gasteiger partial charge is 0.491 e. The lowest BCUT2D eigenvalue weighted by molar-refractivity contribution is -0.138. The third-order valence-electron chi connectivity index (χ3n) is 6.15. The number of hydrogen-bond acceptors (Lipinski definition) is 6. The molecule has 0 radical (unpaired) electrons. The first-order valence-electron chi connectivity index (χ1n) is 11.9. The summed E-state index contributed by atoms with van der Waals surface area (Å²) in [5.41, 5.74) is 3.32. The molecule has 0 aliphatic carbocycles. The fourth-order valence-electron chi connectivity index (χ4n) is 4.34. The molecule has 180 valence electrons. The summed E-state index contributed by atoms with van der Waals surface area (Å²) in [7, 11) is 2.14. The average molecular weight is 463 g/mol. The molecule has 4 rings (SSSR count). The van der Waals surface area contributed by atoms with Gasteiger partial charge in [-0.2, -0.15) is 0 Å². The van der Waals surface area contributed by atoms with Gasteiger partial charge in [0.2, 0.25) is 0 Å². The van der Waals surface area contributed by atoms with Crippen molar-refractivity contribution in [2.45, 2.75) is 39.8 Å². The molecule has 0 aromatic heterocycles. The highest BCUT2D eigenvalue weighted by Crippen LogP contribution is 2.33. The van der Waals surface area contributed by atoms with Crippen LogP contribution in [0.3, 0.4) is 0 Å². The number of rotatable bonds is 7. The molecule has 1 N–H and O–H groups in total. The Bertz CT molecular complexity index is 1070. The smallest absolute Gasteiger partial charge is 0.278 e. The van der Waals surface area contributed by atoms with Crippen LogP contribution in [0.1, 0.15) is 33.3 Å². The summed E-state index contributed by atoms with van der Waals surface area (Å²) >= 11 is 0. The van der Waals surface area contributed by atoms with Crippen molar-refractivity contribution in [2.24, 2.45) is 0 Å². The second kappa shape index (κ2) is 9.89. The van der Waals surface area contributed by atoms with Gasteiger partial charge in [-0.15, -0.1) is 0 Å². The van der Waals surface area contributed by atoms with Crippen LogP contribution in [0, 0.1) is 0 Å². The molecule has 2 heterocycles. The molecule has 34 heavy (non-hydrogen) atoms. The van der Waals surface area contributed by atoms with Crippen molar-refractivity contribution < 1.29 is 14.3 Å². The average Bonchev–Trinajstić information content (AvgIpc) is 3.04. The number of carbonyl (C=O) groups excluding carboxylic acids is 2. The van der Waals surface area contributed by atoms with Gasteiger partial charge in [0, 0.05) is 43.6 Å². The van der Waals surface area contributed by atoms with Gasteiger partial charge in [-0.3, -0.25) is 14.5 Å². The van der Waals surface area contributed by atoms with Crippen molar-refractivity contribution in [3.63, 3.8) is 0 Å². The molecule has 0 saturated carbocycles. The van der Waals surface area contributed by atoms with Crippen molar-refractivity contribution in [3.8, 4) is 5.75 Å². The normalized spacial score (nSPS) is 17.4. The Kier molecular flexibility index (Phi) is 6.93. The number of carbonyl (C=O) groups is 2. The quantitative estimate of drug-likeness (QED) is 0.631. The van der Waals surface area contributed by atoms with E-state index in [4.69, 9.17) is 4.74 Å². The summed E-state index contributed by atoms with van der Waals surface area (Å²) in [6, 6.07) is 15.2. The number of piperazine rings is 1. The van der Waals surface area contributed by atoms with Crippen LogP contribution in [0.5, 0.6) is 5.75 Å². The monoisotopic (exact) mass is 462 g/mol. The minimum Gasteiger partial charge on any atom is -0.491 e. The van der Waals surface area contributed by atoms with Crippen LogP contribution in [-0.4, -0.2) is 67.0 Å². The topological polar surface area (TPSA) is 65.1 Å². The van der Waals surface area contributed by atoms with Crippen molar-refractivity contribution in [2.75, 3.05) is 43.4 Å². The molecule has 2 amide bonds. The maximum absolute atomic E-state index is 13.3. The van der Waals surface area contributed by atoms with Gasteiger partial charge in [0.15, 0.2) is 0 Å². The molecule has 0 atom stereocenters. The van der Waals surface area contributed by atoms with Crippen molar-refractivity contribution in [3.05, 3.63) is 59.8 Å². The van der Waals surface area contributed by atoms with E-state index >= 15 is 0 Å². The molecule has 1 saturated heterocycles. The van der Waals surface area contributed by atoms with E-state index in [0.717, 1.165) is 43.3 Å². The van der Waals surface area contributed by atoms with Crippen LogP contribution in [0.4, 0.5) is 11.4 Å². The molecule has 2 aliphatic heterocycles. The van der Waals surface area contributed by atoms with E-state index in [9.17, 15) is 9.59 Å². The van der Waals surface area contributed by atoms with E-state index in [2.05, 4.69) is 34.3 Å². The van der Waals surface area contributed by atoms with Crippen molar-refractivity contribution >= 4 is 28.8 Å². The first-order valence-corrected chi connectivity index (χ1v) is 11.9. The second-order valence-corrected chi connectivity index (χ2v) is 9.48. The van der Waals surface area contributed by atoms with Gasteiger partial charge in [-0.1, -0.05) is 12.1 Å². The van der Waals surface area contributed by atoms with Crippen molar-refractivity contribution in [1.82, 2.24) is 9.80 Å². The number of hydrogen-bond donors (Lipinski definition) is 1. The molecule has 2 aromatic carbocycles. The Hall–Kier alpha value is -3.32. The third-order valence-corrected chi connectivity index (χ3v) is 6.15. The molecule has 0 bridgehead atoms. The zero-order valence-corrected chi connectivity index (χ0v) is 20.7. The van der Waals surface area contributed by atoms with Gasteiger partial charge >= 0.3 is 0 Å². The Balaban J connectivity index is 1.61. The van der Waals surface area contributed by atoms with E-state index in [1.165, 1.54) is 4.90 Å². The highest BCUT2D eigenvalue weighted by molar-refractivity contribution is 6.36. The summed E-state index contributed by atoms with van der Waals surface area (Å²) in [5, 5.41) is 3.25. The standard InChI is InChI=1S/C27H34N4O3/c1-18(2)31-26(32)24(20-6-12-23(13-7-20)34-19(3)4)25(27(31)33)28-21-8-10-22(11-9-21)30-16-14-29(5)15-17-30/h6-13,18-19,28H,14-17H2,1-5H3. The SMILES string of the molecule is CC(C)Oc1ccc(C2=C(Nc3ccc(N4CCN(C)CC4)cc3)C(=O)N(C(C)C)C2=O)cc1. The highest BCUT2D eigenvalue weighted by atomic mass is 16.5. The van der Waals surface area contributed by atoms with Crippen LogP contribution in [0.2, 0.25) is 0 Å². The lowest BCUT2D eigenvalue weighted by Gasteiger charge is -2.34. The molecule has 0 unspecified atom stereocenters. The number of imide groups is 1. The molecule has 7 nitrogen and oxygen atoms in total. The molecule has 0 spiro atoms. The van der Waals surface area contributed by atoms with E-state index in [1.807, 2.05) is 64.1 Å². The van der Waals surface area contributed by atoms with E-state index in [-0.39, 0.29) is 24.0 Å². The number of ether oxygens (including phenoxy) is 1. The summed E-state index contributed by atoms with van der Waals surface area (Å²) in [6.07, 6.45) is 0.0576. The molecular weight excluding hydrogens is 428 g/mol. The van der Waals surface area contributed by atoms with Gasteiger partial charge in [0.1, 0.15) is 11.4 Å². The zero-order chi connectivity index (χ0) is 24.4. The molecule has 2 aliphatic rings. The Morgan fingerprint density at radius 1 is 0.824 bits per heavy atom. The number of amides is 2. The lowest BCUT2D eigenvalue weighted by atomic mass is 10.0.